The molecule has 1 aliphatic rings. The van der Waals surface area contributed by atoms with E-state index >= 15 is 0 Å². The molecule has 2 aromatic carbocycles. The van der Waals surface area contributed by atoms with Gasteiger partial charge in [-0.1, -0.05) is 29.8 Å². The van der Waals surface area contributed by atoms with Crippen molar-refractivity contribution >= 4 is 23.4 Å². The standard InChI is InChI=1S/C19H19ClN2O3/c20-16-8-6-15(7-9-16)19(24)22-12-10-21(11-13-22)18(23)14-25-17-4-2-1-3-5-17/h1-9H,10-14H2. The summed E-state index contributed by atoms with van der Waals surface area (Å²) in [6, 6.07) is 16.1. The molecule has 1 saturated heterocycles. The smallest absolute Gasteiger partial charge is 0.260 e. The number of nitrogens with zero attached hydrogens (tertiary/aromatic N) is 2. The van der Waals surface area contributed by atoms with Gasteiger partial charge in [-0.15, -0.1) is 0 Å². The van der Waals surface area contributed by atoms with Gasteiger partial charge in [0.05, 0.1) is 0 Å². The highest BCUT2D eigenvalue weighted by Crippen LogP contribution is 2.14. The molecule has 0 bridgehead atoms. The quantitative estimate of drug-likeness (QED) is 0.844. The van der Waals surface area contributed by atoms with E-state index in [0.29, 0.717) is 42.5 Å². The van der Waals surface area contributed by atoms with Crippen LogP contribution in [0, 0.1) is 0 Å². The van der Waals surface area contributed by atoms with Crippen molar-refractivity contribution in [2.24, 2.45) is 0 Å². The third kappa shape index (κ3) is 4.51. The number of rotatable bonds is 4. The summed E-state index contributed by atoms with van der Waals surface area (Å²) in [5, 5.41) is 0.602. The summed E-state index contributed by atoms with van der Waals surface area (Å²) in [6.07, 6.45) is 0. The molecule has 0 unspecified atom stereocenters. The van der Waals surface area contributed by atoms with E-state index in [0.717, 1.165) is 0 Å². The van der Waals surface area contributed by atoms with Crippen LogP contribution in [0.5, 0.6) is 5.75 Å². The van der Waals surface area contributed by atoms with Gasteiger partial charge in [-0.3, -0.25) is 9.59 Å². The first-order chi connectivity index (χ1) is 12.1. The van der Waals surface area contributed by atoms with Crippen molar-refractivity contribution in [2.45, 2.75) is 0 Å². The van der Waals surface area contributed by atoms with E-state index in [-0.39, 0.29) is 18.4 Å². The molecule has 1 heterocycles. The van der Waals surface area contributed by atoms with Gasteiger partial charge in [-0.25, -0.2) is 0 Å². The second-order valence-corrected chi connectivity index (χ2v) is 6.22. The van der Waals surface area contributed by atoms with E-state index in [4.69, 9.17) is 16.3 Å². The minimum absolute atomic E-state index is 0.00907. The van der Waals surface area contributed by atoms with Gasteiger partial charge in [-0.2, -0.15) is 0 Å². The summed E-state index contributed by atoms with van der Waals surface area (Å²) in [5.41, 5.74) is 0.608. The van der Waals surface area contributed by atoms with Crippen LogP contribution in [0.4, 0.5) is 0 Å². The van der Waals surface area contributed by atoms with Crippen LogP contribution in [0.3, 0.4) is 0 Å². The number of benzene rings is 2. The van der Waals surface area contributed by atoms with E-state index in [9.17, 15) is 9.59 Å². The summed E-state index contributed by atoms with van der Waals surface area (Å²) in [4.78, 5) is 28.2. The number of hydrogen-bond donors (Lipinski definition) is 0. The first kappa shape index (κ1) is 17.3. The predicted molar refractivity (Wildman–Crippen MR) is 95.9 cm³/mol. The van der Waals surface area contributed by atoms with Gasteiger partial charge in [0.15, 0.2) is 6.61 Å². The first-order valence-corrected chi connectivity index (χ1v) is 8.52. The minimum Gasteiger partial charge on any atom is -0.484 e. The zero-order valence-corrected chi connectivity index (χ0v) is 14.5. The fourth-order valence-electron chi connectivity index (χ4n) is 2.69. The largest absolute Gasteiger partial charge is 0.484 e. The molecular weight excluding hydrogens is 340 g/mol. The van der Waals surface area contributed by atoms with Crippen molar-refractivity contribution in [1.29, 1.82) is 0 Å². The maximum Gasteiger partial charge on any atom is 0.260 e. The topological polar surface area (TPSA) is 49.9 Å². The van der Waals surface area contributed by atoms with Crippen LogP contribution in [0.15, 0.2) is 54.6 Å². The zero-order chi connectivity index (χ0) is 17.6. The van der Waals surface area contributed by atoms with Gasteiger partial charge in [0.1, 0.15) is 5.75 Å². The summed E-state index contributed by atoms with van der Waals surface area (Å²) in [6.45, 7) is 2.05. The molecule has 25 heavy (non-hydrogen) atoms. The molecule has 1 aliphatic heterocycles. The minimum atomic E-state index is -0.0672. The van der Waals surface area contributed by atoms with Crippen molar-refractivity contribution in [3.63, 3.8) is 0 Å². The van der Waals surface area contributed by atoms with Gasteiger partial charge in [-0.05, 0) is 36.4 Å². The lowest BCUT2D eigenvalue weighted by atomic mass is 10.2. The van der Waals surface area contributed by atoms with Gasteiger partial charge in [0.2, 0.25) is 0 Å². The number of piperazine rings is 1. The third-order valence-corrected chi connectivity index (χ3v) is 4.37. The number of para-hydroxylation sites is 1. The van der Waals surface area contributed by atoms with Crippen LogP contribution in [-0.2, 0) is 4.79 Å². The molecule has 0 aromatic heterocycles. The average Bonchev–Trinajstić information content (AvgIpc) is 2.67. The molecule has 0 saturated carbocycles. The maximum absolute atomic E-state index is 12.5. The van der Waals surface area contributed by atoms with Crippen molar-refractivity contribution in [1.82, 2.24) is 9.80 Å². The summed E-state index contributed by atoms with van der Waals surface area (Å²) < 4.78 is 5.49. The van der Waals surface area contributed by atoms with Crippen LogP contribution >= 0.6 is 11.6 Å². The Morgan fingerprint density at radius 1 is 0.880 bits per heavy atom. The Labute approximate surface area is 151 Å². The Kier molecular flexibility index (Phi) is 5.56. The molecule has 0 N–H and O–H groups in total. The molecule has 0 atom stereocenters. The summed E-state index contributed by atoms with van der Waals surface area (Å²) in [5.74, 6) is 0.569. The van der Waals surface area contributed by atoms with Crippen molar-refractivity contribution in [3.05, 3.63) is 65.2 Å². The van der Waals surface area contributed by atoms with Crippen molar-refractivity contribution < 1.29 is 14.3 Å². The third-order valence-electron chi connectivity index (χ3n) is 4.12. The van der Waals surface area contributed by atoms with Gasteiger partial charge in [0.25, 0.3) is 11.8 Å². The number of ether oxygens (including phenoxy) is 1. The van der Waals surface area contributed by atoms with Crippen LogP contribution in [0.1, 0.15) is 10.4 Å². The lowest BCUT2D eigenvalue weighted by Crippen LogP contribution is -2.51. The van der Waals surface area contributed by atoms with E-state index in [1.165, 1.54) is 0 Å². The molecule has 5 nitrogen and oxygen atoms in total. The van der Waals surface area contributed by atoms with E-state index < -0.39 is 0 Å². The maximum atomic E-state index is 12.5. The highest BCUT2D eigenvalue weighted by molar-refractivity contribution is 6.30. The summed E-state index contributed by atoms with van der Waals surface area (Å²) >= 11 is 5.85. The molecule has 3 rings (SSSR count). The lowest BCUT2D eigenvalue weighted by Gasteiger charge is -2.34. The van der Waals surface area contributed by atoms with Gasteiger partial charge < -0.3 is 14.5 Å². The number of halogens is 1. The van der Waals surface area contributed by atoms with Crippen LogP contribution in [0.25, 0.3) is 0 Å². The highest BCUT2D eigenvalue weighted by atomic mass is 35.5. The second-order valence-electron chi connectivity index (χ2n) is 5.78. The van der Waals surface area contributed by atoms with Gasteiger partial charge in [0, 0.05) is 36.8 Å². The normalized spacial score (nSPS) is 14.3. The Hall–Kier alpha value is -2.53. The molecule has 130 valence electrons. The Morgan fingerprint density at radius 2 is 1.48 bits per heavy atom. The fraction of sp³-hybridized carbons (Fsp3) is 0.263. The lowest BCUT2D eigenvalue weighted by molar-refractivity contribution is -0.134. The zero-order valence-electron chi connectivity index (χ0n) is 13.7. The molecule has 6 heteroatoms. The molecule has 0 spiro atoms. The predicted octanol–water partition coefficient (Wildman–Crippen LogP) is 2.70. The van der Waals surface area contributed by atoms with E-state index in [2.05, 4.69) is 0 Å². The molecule has 2 aromatic rings. The number of carbonyl (C=O) groups excluding carboxylic acids is 2. The Balaban J connectivity index is 1.48. The van der Waals surface area contributed by atoms with Gasteiger partial charge >= 0.3 is 0 Å². The molecule has 0 aliphatic carbocycles. The monoisotopic (exact) mass is 358 g/mol. The van der Waals surface area contributed by atoms with E-state index in [1.54, 1.807) is 34.1 Å². The molecule has 0 radical (unpaired) electrons. The molecule has 1 fully saturated rings. The number of hydrogen-bond acceptors (Lipinski definition) is 3. The average molecular weight is 359 g/mol. The van der Waals surface area contributed by atoms with Crippen molar-refractivity contribution in [3.8, 4) is 5.75 Å². The Bertz CT molecular complexity index is 726. The fourth-order valence-corrected chi connectivity index (χ4v) is 2.81. The van der Waals surface area contributed by atoms with Crippen molar-refractivity contribution in [2.75, 3.05) is 32.8 Å². The summed E-state index contributed by atoms with van der Waals surface area (Å²) in [7, 11) is 0. The Morgan fingerprint density at radius 3 is 2.12 bits per heavy atom. The number of amides is 2. The SMILES string of the molecule is O=C(COc1ccccc1)N1CCN(C(=O)c2ccc(Cl)cc2)CC1. The van der Waals surface area contributed by atoms with Crippen LogP contribution in [0.2, 0.25) is 5.02 Å². The van der Waals surface area contributed by atoms with E-state index in [1.807, 2.05) is 30.3 Å². The van der Waals surface area contributed by atoms with Crippen LogP contribution in [-0.4, -0.2) is 54.4 Å². The highest BCUT2D eigenvalue weighted by Gasteiger charge is 2.25. The first-order valence-electron chi connectivity index (χ1n) is 8.14. The van der Waals surface area contributed by atoms with Crippen LogP contribution < -0.4 is 4.74 Å². The molecular formula is C19H19ClN2O3. The second kappa shape index (κ2) is 8.03. The number of carbonyl (C=O) groups is 2. The molecule has 2 amide bonds.